The Kier molecular flexibility index (Phi) is 6.89. The van der Waals surface area contributed by atoms with Gasteiger partial charge in [0.15, 0.2) is 0 Å². The van der Waals surface area contributed by atoms with Crippen LogP contribution >= 0.6 is 0 Å². The lowest BCUT2D eigenvalue weighted by atomic mass is 10.2. The van der Waals surface area contributed by atoms with Crippen molar-refractivity contribution in [3.05, 3.63) is 29.8 Å². The van der Waals surface area contributed by atoms with Gasteiger partial charge in [0.05, 0.1) is 26.4 Å². The zero-order chi connectivity index (χ0) is 14.0. The van der Waals surface area contributed by atoms with Gasteiger partial charge in [-0.1, -0.05) is 19.1 Å². The van der Waals surface area contributed by atoms with Crippen LogP contribution in [0.4, 0.5) is 0 Å². The van der Waals surface area contributed by atoms with E-state index in [0.29, 0.717) is 0 Å². The summed E-state index contributed by atoms with van der Waals surface area (Å²) in [5.41, 5.74) is 1.37. The van der Waals surface area contributed by atoms with Crippen LogP contribution in [0.1, 0.15) is 31.7 Å². The molecule has 1 heterocycles. The Bertz CT molecular complexity index is 358. The molecule has 20 heavy (non-hydrogen) atoms. The third kappa shape index (κ3) is 5.51. The summed E-state index contributed by atoms with van der Waals surface area (Å²) in [6.45, 7) is 8.53. The molecule has 0 spiro atoms. The predicted octanol–water partition coefficient (Wildman–Crippen LogP) is 1.71. The van der Waals surface area contributed by atoms with Crippen molar-refractivity contribution in [3.63, 3.8) is 0 Å². The summed E-state index contributed by atoms with van der Waals surface area (Å²) in [5.74, 6) is 1.00. The Morgan fingerprint density at radius 2 is 1.80 bits per heavy atom. The second kappa shape index (κ2) is 8.98. The summed E-state index contributed by atoms with van der Waals surface area (Å²) in [6, 6.07) is 8.46. The monoisotopic (exact) mass is 278 g/mol. The van der Waals surface area contributed by atoms with E-state index in [1.165, 1.54) is 38.0 Å². The third-order valence-electron chi connectivity index (χ3n) is 3.97. The van der Waals surface area contributed by atoms with Gasteiger partial charge in [0, 0.05) is 0 Å². The molecule has 0 radical (unpaired) electrons. The van der Waals surface area contributed by atoms with Crippen molar-refractivity contribution in [2.75, 3.05) is 39.5 Å². The Hall–Kier alpha value is -1.06. The van der Waals surface area contributed by atoms with Crippen molar-refractivity contribution < 1.29 is 14.4 Å². The summed E-state index contributed by atoms with van der Waals surface area (Å²) in [7, 11) is 0. The lowest BCUT2D eigenvalue weighted by Gasteiger charge is -2.23. The van der Waals surface area contributed by atoms with Crippen molar-refractivity contribution in [1.82, 2.24) is 0 Å². The maximum absolute atomic E-state index is 5.77. The zero-order valence-electron chi connectivity index (χ0n) is 12.7. The van der Waals surface area contributed by atoms with Gasteiger partial charge in [0.2, 0.25) is 0 Å². The van der Waals surface area contributed by atoms with Gasteiger partial charge in [-0.3, -0.25) is 0 Å². The van der Waals surface area contributed by atoms with Crippen LogP contribution in [0.25, 0.3) is 0 Å². The topological polar surface area (TPSA) is 22.9 Å². The second-order valence-corrected chi connectivity index (χ2v) is 5.52. The highest BCUT2D eigenvalue weighted by atomic mass is 16.5. The molecule has 1 aromatic rings. The molecular formula is C17H28NO2+. The SMILES string of the molecule is CCc1ccc(OCCCCC[NH+]2CCOCC2)cc1. The van der Waals surface area contributed by atoms with Crippen LogP contribution in [0.3, 0.4) is 0 Å². The Balaban J connectivity index is 1.50. The van der Waals surface area contributed by atoms with Crippen molar-refractivity contribution in [2.24, 2.45) is 0 Å². The maximum atomic E-state index is 5.77. The molecule has 1 aliphatic heterocycles. The van der Waals surface area contributed by atoms with Crippen LogP contribution in [-0.4, -0.2) is 39.5 Å². The average molecular weight is 278 g/mol. The third-order valence-corrected chi connectivity index (χ3v) is 3.97. The summed E-state index contributed by atoms with van der Waals surface area (Å²) >= 11 is 0. The van der Waals surface area contributed by atoms with E-state index in [1.807, 2.05) is 0 Å². The van der Waals surface area contributed by atoms with Gasteiger partial charge < -0.3 is 14.4 Å². The van der Waals surface area contributed by atoms with Crippen LogP contribution < -0.4 is 9.64 Å². The number of hydrogen-bond donors (Lipinski definition) is 1. The van der Waals surface area contributed by atoms with E-state index >= 15 is 0 Å². The minimum atomic E-state index is 0.837. The van der Waals surface area contributed by atoms with E-state index in [-0.39, 0.29) is 0 Å². The lowest BCUT2D eigenvalue weighted by molar-refractivity contribution is -0.908. The fraction of sp³-hybridized carbons (Fsp3) is 0.647. The molecular weight excluding hydrogens is 250 g/mol. The van der Waals surface area contributed by atoms with Crippen molar-refractivity contribution >= 4 is 0 Å². The van der Waals surface area contributed by atoms with E-state index in [0.717, 1.165) is 38.4 Å². The normalized spacial score (nSPS) is 16.2. The Labute approximate surface area is 122 Å². The molecule has 0 saturated carbocycles. The van der Waals surface area contributed by atoms with E-state index < -0.39 is 0 Å². The number of hydrogen-bond acceptors (Lipinski definition) is 2. The molecule has 0 aromatic heterocycles. The van der Waals surface area contributed by atoms with Gasteiger partial charge in [-0.2, -0.15) is 0 Å². The van der Waals surface area contributed by atoms with Gasteiger partial charge >= 0.3 is 0 Å². The number of benzene rings is 1. The van der Waals surface area contributed by atoms with Crippen LogP contribution in [0.2, 0.25) is 0 Å². The smallest absolute Gasteiger partial charge is 0.119 e. The standard InChI is InChI=1S/C17H27NO2/c1-2-16-6-8-17(9-7-16)20-13-5-3-4-10-18-11-14-19-15-12-18/h6-9H,2-5,10-15H2,1H3/p+1. The summed E-state index contributed by atoms with van der Waals surface area (Å²) in [5, 5.41) is 0. The molecule has 1 N–H and O–H groups in total. The number of nitrogens with one attached hydrogen (secondary N) is 1. The molecule has 0 bridgehead atoms. The first kappa shape index (κ1) is 15.3. The predicted molar refractivity (Wildman–Crippen MR) is 81.5 cm³/mol. The fourth-order valence-electron chi connectivity index (χ4n) is 2.58. The summed E-state index contributed by atoms with van der Waals surface area (Å²) < 4.78 is 11.1. The number of ether oxygens (including phenoxy) is 2. The van der Waals surface area contributed by atoms with E-state index in [4.69, 9.17) is 9.47 Å². The minimum absolute atomic E-state index is 0.837. The van der Waals surface area contributed by atoms with E-state index in [1.54, 1.807) is 4.90 Å². The Morgan fingerprint density at radius 3 is 2.50 bits per heavy atom. The van der Waals surface area contributed by atoms with Crippen LogP contribution in [0.5, 0.6) is 5.75 Å². The van der Waals surface area contributed by atoms with Crippen LogP contribution in [-0.2, 0) is 11.2 Å². The highest BCUT2D eigenvalue weighted by Crippen LogP contribution is 2.13. The first-order valence-corrected chi connectivity index (χ1v) is 8.01. The first-order valence-electron chi connectivity index (χ1n) is 8.01. The van der Waals surface area contributed by atoms with E-state index in [2.05, 4.69) is 31.2 Å². The number of unbranched alkanes of at least 4 members (excludes halogenated alkanes) is 2. The molecule has 3 nitrogen and oxygen atoms in total. The Morgan fingerprint density at radius 1 is 1.05 bits per heavy atom. The van der Waals surface area contributed by atoms with Gasteiger partial charge in [-0.25, -0.2) is 0 Å². The zero-order valence-corrected chi connectivity index (χ0v) is 12.7. The molecule has 1 fully saturated rings. The summed E-state index contributed by atoms with van der Waals surface area (Å²) in [6.07, 6.45) is 4.80. The lowest BCUT2D eigenvalue weighted by Crippen LogP contribution is -3.14. The van der Waals surface area contributed by atoms with E-state index in [9.17, 15) is 0 Å². The molecule has 0 aliphatic carbocycles. The quantitative estimate of drug-likeness (QED) is 0.732. The average Bonchev–Trinajstić information content (AvgIpc) is 2.52. The molecule has 1 aliphatic rings. The second-order valence-electron chi connectivity index (χ2n) is 5.52. The summed E-state index contributed by atoms with van der Waals surface area (Å²) in [4.78, 5) is 1.70. The highest BCUT2D eigenvalue weighted by Gasteiger charge is 2.12. The first-order chi connectivity index (χ1) is 9.88. The molecule has 1 aromatic carbocycles. The number of aryl methyl sites for hydroxylation is 1. The minimum Gasteiger partial charge on any atom is -0.494 e. The van der Waals surface area contributed by atoms with Crippen LogP contribution in [0.15, 0.2) is 24.3 Å². The van der Waals surface area contributed by atoms with Gasteiger partial charge in [0.25, 0.3) is 0 Å². The molecule has 2 rings (SSSR count). The molecule has 0 amide bonds. The van der Waals surface area contributed by atoms with Crippen molar-refractivity contribution in [1.29, 1.82) is 0 Å². The highest BCUT2D eigenvalue weighted by molar-refractivity contribution is 5.27. The van der Waals surface area contributed by atoms with Crippen LogP contribution in [0, 0.1) is 0 Å². The fourth-order valence-corrected chi connectivity index (χ4v) is 2.58. The molecule has 1 saturated heterocycles. The van der Waals surface area contributed by atoms with Gasteiger partial charge in [-0.05, 0) is 43.4 Å². The molecule has 0 unspecified atom stereocenters. The number of rotatable bonds is 8. The maximum Gasteiger partial charge on any atom is 0.119 e. The van der Waals surface area contributed by atoms with Crippen molar-refractivity contribution in [2.45, 2.75) is 32.6 Å². The molecule has 3 heteroatoms. The molecule has 112 valence electrons. The number of morpholine rings is 1. The van der Waals surface area contributed by atoms with Crippen molar-refractivity contribution in [3.8, 4) is 5.75 Å². The molecule has 0 atom stereocenters. The van der Waals surface area contributed by atoms with Gasteiger partial charge in [0.1, 0.15) is 18.8 Å². The largest absolute Gasteiger partial charge is 0.494 e. The van der Waals surface area contributed by atoms with Gasteiger partial charge in [-0.15, -0.1) is 0 Å². The number of quaternary nitrogens is 1.